The van der Waals surface area contributed by atoms with Gasteiger partial charge in [0.1, 0.15) is 12.1 Å². The molecule has 0 radical (unpaired) electrons. The summed E-state index contributed by atoms with van der Waals surface area (Å²) in [5.41, 5.74) is 9.70. The molecule has 212 valence electrons. The average molecular weight is 584 g/mol. The number of nitrogen functional groups attached to an aromatic ring is 1. The van der Waals surface area contributed by atoms with Gasteiger partial charge in [0, 0.05) is 40.3 Å². The van der Waals surface area contributed by atoms with E-state index in [1.807, 2.05) is 12.1 Å². The smallest absolute Gasteiger partial charge is 0.323 e. The average Bonchev–Trinajstić information content (AvgIpc) is 3.47. The summed E-state index contributed by atoms with van der Waals surface area (Å²) in [6.07, 6.45) is 7.83. The third-order valence-electron chi connectivity index (χ3n) is 7.85. The molecule has 0 spiro atoms. The second kappa shape index (κ2) is 13.2. The summed E-state index contributed by atoms with van der Waals surface area (Å²) in [7, 11) is 2.12. The monoisotopic (exact) mass is 582 g/mol. The maximum Gasteiger partial charge on any atom is 0.323 e. The highest BCUT2D eigenvalue weighted by molar-refractivity contribution is 6.36. The van der Waals surface area contributed by atoms with E-state index >= 15 is 0 Å². The largest absolute Gasteiger partial charge is 0.461 e. The van der Waals surface area contributed by atoms with Gasteiger partial charge < -0.3 is 21.1 Å². The number of nitrogens with two attached hydrogens (primary N) is 1. The molecule has 2 aromatic carbocycles. The SMILES string of the molecule is CN(Cc1ccc(-c2cnc(N)c(NCc3c(Cl)cccc3Cl)n2)cc1)C1CCNC(C(=O)OC2CCCC2)C1. The molecule has 2 aliphatic rings. The maximum atomic E-state index is 12.7. The molecule has 40 heavy (non-hydrogen) atoms. The Morgan fingerprint density at radius 3 is 2.58 bits per heavy atom. The first kappa shape index (κ1) is 28.6. The minimum Gasteiger partial charge on any atom is -0.461 e. The summed E-state index contributed by atoms with van der Waals surface area (Å²) >= 11 is 12.6. The predicted octanol–water partition coefficient (Wildman–Crippen LogP) is 5.68. The molecule has 2 heterocycles. The summed E-state index contributed by atoms with van der Waals surface area (Å²) in [6.45, 7) is 1.98. The number of ether oxygens (including phenoxy) is 1. The summed E-state index contributed by atoms with van der Waals surface area (Å²) < 4.78 is 5.76. The molecule has 1 saturated carbocycles. The first-order valence-corrected chi connectivity index (χ1v) is 14.7. The van der Waals surface area contributed by atoms with Gasteiger partial charge in [-0.2, -0.15) is 0 Å². The standard InChI is InChI=1S/C30H36Cl2N6O2/c1-38(21-13-14-34-26(15-21)30(39)40-22-5-2-3-6-22)18-19-9-11-20(12-10-19)27-17-35-28(33)29(37-27)36-16-23-24(31)7-4-8-25(23)32/h4,7-12,17,21-22,26,34H,2-3,5-6,13-16,18H2,1H3,(H2,33,35)(H,36,37). The summed E-state index contributed by atoms with van der Waals surface area (Å²) in [4.78, 5) is 24.1. The van der Waals surface area contributed by atoms with Crippen LogP contribution in [0.25, 0.3) is 11.3 Å². The van der Waals surface area contributed by atoms with Crippen LogP contribution in [0.5, 0.6) is 0 Å². The Labute approximate surface area is 245 Å². The molecule has 5 rings (SSSR count). The van der Waals surface area contributed by atoms with Crippen LogP contribution in [0.1, 0.15) is 49.7 Å². The number of benzene rings is 2. The number of hydrogen-bond donors (Lipinski definition) is 3. The van der Waals surface area contributed by atoms with Gasteiger partial charge in [-0.25, -0.2) is 9.97 Å². The molecular formula is C30H36Cl2N6O2. The molecular weight excluding hydrogens is 547 g/mol. The lowest BCUT2D eigenvalue weighted by Gasteiger charge is -2.35. The topological polar surface area (TPSA) is 105 Å². The van der Waals surface area contributed by atoms with Crippen molar-refractivity contribution in [2.75, 3.05) is 24.6 Å². The quantitative estimate of drug-likeness (QED) is 0.276. The molecule has 0 bridgehead atoms. The van der Waals surface area contributed by atoms with E-state index in [2.05, 4.69) is 39.7 Å². The molecule has 2 unspecified atom stereocenters. The fraction of sp³-hybridized carbons (Fsp3) is 0.433. The second-order valence-electron chi connectivity index (χ2n) is 10.7. The third-order valence-corrected chi connectivity index (χ3v) is 8.55. The summed E-state index contributed by atoms with van der Waals surface area (Å²) in [6, 6.07) is 13.8. The number of nitrogens with zero attached hydrogens (tertiary/aromatic N) is 3. The number of hydrogen-bond acceptors (Lipinski definition) is 8. The highest BCUT2D eigenvalue weighted by Crippen LogP contribution is 2.28. The van der Waals surface area contributed by atoms with Gasteiger partial charge in [-0.1, -0.05) is 53.5 Å². The van der Waals surface area contributed by atoms with E-state index in [9.17, 15) is 4.79 Å². The van der Waals surface area contributed by atoms with E-state index in [0.29, 0.717) is 40.0 Å². The van der Waals surface area contributed by atoms with Crippen LogP contribution in [-0.2, 0) is 22.6 Å². The van der Waals surface area contributed by atoms with Crippen LogP contribution in [-0.4, -0.2) is 52.6 Å². The van der Waals surface area contributed by atoms with Gasteiger partial charge >= 0.3 is 5.97 Å². The van der Waals surface area contributed by atoms with Gasteiger partial charge in [0.25, 0.3) is 0 Å². The Bertz CT molecular complexity index is 1300. The van der Waals surface area contributed by atoms with Crippen molar-refractivity contribution in [1.29, 1.82) is 0 Å². The molecule has 2 fully saturated rings. The summed E-state index contributed by atoms with van der Waals surface area (Å²) in [5, 5.41) is 7.72. The first-order chi connectivity index (χ1) is 19.4. The minimum absolute atomic E-state index is 0.0946. The van der Waals surface area contributed by atoms with Crippen molar-refractivity contribution in [1.82, 2.24) is 20.2 Å². The van der Waals surface area contributed by atoms with Crippen LogP contribution >= 0.6 is 23.2 Å². The first-order valence-electron chi connectivity index (χ1n) is 13.9. The number of piperidine rings is 1. The number of rotatable bonds is 9. The van der Waals surface area contributed by atoms with Crippen LogP contribution in [0.15, 0.2) is 48.7 Å². The Kier molecular flexibility index (Phi) is 9.42. The molecule has 1 saturated heterocycles. The van der Waals surface area contributed by atoms with Crippen molar-refractivity contribution < 1.29 is 9.53 Å². The zero-order chi connectivity index (χ0) is 28.1. The normalized spacial score (nSPS) is 19.6. The molecule has 2 atom stereocenters. The van der Waals surface area contributed by atoms with Gasteiger partial charge in [0.15, 0.2) is 11.6 Å². The van der Waals surface area contributed by atoms with E-state index in [0.717, 1.165) is 62.7 Å². The highest BCUT2D eigenvalue weighted by atomic mass is 35.5. The van der Waals surface area contributed by atoms with Gasteiger partial charge in [-0.3, -0.25) is 9.69 Å². The van der Waals surface area contributed by atoms with Crippen LogP contribution in [0.2, 0.25) is 10.0 Å². The Balaban J connectivity index is 1.18. The lowest BCUT2D eigenvalue weighted by molar-refractivity contribution is -0.152. The van der Waals surface area contributed by atoms with Crippen LogP contribution in [0.4, 0.5) is 11.6 Å². The molecule has 1 aliphatic carbocycles. The number of anilines is 2. The Hall–Kier alpha value is -2.91. The lowest BCUT2D eigenvalue weighted by Crippen LogP contribution is -2.50. The number of aromatic nitrogens is 2. The number of esters is 1. The Morgan fingerprint density at radius 2 is 1.85 bits per heavy atom. The number of halogens is 2. The highest BCUT2D eigenvalue weighted by Gasteiger charge is 2.32. The molecule has 1 aliphatic heterocycles. The van der Waals surface area contributed by atoms with Crippen molar-refractivity contribution in [3.63, 3.8) is 0 Å². The van der Waals surface area contributed by atoms with Gasteiger partial charge in [-0.05, 0) is 69.8 Å². The number of nitrogens with one attached hydrogen (secondary N) is 2. The van der Waals surface area contributed by atoms with E-state index in [1.54, 1.807) is 24.4 Å². The Morgan fingerprint density at radius 1 is 1.12 bits per heavy atom. The fourth-order valence-corrected chi connectivity index (χ4v) is 6.00. The second-order valence-corrected chi connectivity index (χ2v) is 11.5. The predicted molar refractivity (Wildman–Crippen MR) is 160 cm³/mol. The molecule has 8 nitrogen and oxygen atoms in total. The van der Waals surface area contributed by atoms with Crippen molar-refractivity contribution in [2.45, 2.75) is 69.8 Å². The van der Waals surface area contributed by atoms with E-state index < -0.39 is 0 Å². The van der Waals surface area contributed by atoms with Gasteiger partial charge in [-0.15, -0.1) is 0 Å². The fourth-order valence-electron chi connectivity index (χ4n) is 5.47. The van der Waals surface area contributed by atoms with Gasteiger partial charge in [0.05, 0.1) is 11.9 Å². The molecule has 10 heteroatoms. The van der Waals surface area contributed by atoms with Crippen LogP contribution in [0, 0.1) is 0 Å². The minimum atomic E-state index is -0.231. The van der Waals surface area contributed by atoms with Crippen LogP contribution < -0.4 is 16.4 Å². The van der Waals surface area contributed by atoms with Crippen molar-refractivity contribution in [3.8, 4) is 11.3 Å². The molecule has 4 N–H and O–H groups in total. The summed E-state index contributed by atoms with van der Waals surface area (Å²) in [5.74, 6) is 0.685. The van der Waals surface area contributed by atoms with E-state index in [-0.39, 0.29) is 18.1 Å². The van der Waals surface area contributed by atoms with E-state index in [4.69, 9.17) is 38.7 Å². The maximum absolute atomic E-state index is 12.7. The zero-order valence-electron chi connectivity index (χ0n) is 22.7. The molecule has 1 aromatic heterocycles. The number of carbonyl (C=O) groups excluding carboxylic acids is 1. The molecule has 0 amide bonds. The van der Waals surface area contributed by atoms with Gasteiger partial charge in [0.2, 0.25) is 0 Å². The zero-order valence-corrected chi connectivity index (χ0v) is 24.2. The third kappa shape index (κ3) is 7.04. The molecule has 3 aromatic rings. The van der Waals surface area contributed by atoms with Crippen molar-refractivity contribution in [3.05, 3.63) is 69.8 Å². The van der Waals surface area contributed by atoms with Crippen molar-refractivity contribution in [2.24, 2.45) is 0 Å². The lowest BCUT2D eigenvalue weighted by atomic mass is 9.97. The van der Waals surface area contributed by atoms with Crippen molar-refractivity contribution >= 4 is 40.8 Å². The van der Waals surface area contributed by atoms with E-state index in [1.165, 1.54) is 5.56 Å². The van der Waals surface area contributed by atoms with Crippen LogP contribution in [0.3, 0.4) is 0 Å². The number of carbonyl (C=O) groups is 1.